The van der Waals surface area contributed by atoms with Gasteiger partial charge in [-0.2, -0.15) is 0 Å². The number of rotatable bonds is 3. The first-order chi connectivity index (χ1) is 9.11. The van der Waals surface area contributed by atoms with Crippen molar-refractivity contribution in [1.29, 1.82) is 0 Å². The Kier molecular flexibility index (Phi) is 4.94. The van der Waals surface area contributed by atoms with Gasteiger partial charge in [-0.1, -0.05) is 11.6 Å². The topological polar surface area (TPSA) is 69.6 Å². The SMILES string of the molecule is CC(C)(C)N(CC(=O)O)C(=O)Nc1ccc(Cl)cc1F. The van der Waals surface area contributed by atoms with Crippen molar-refractivity contribution >= 4 is 29.3 Å². The highest BCUT2D eigenvalue weighted by Crippen LogP contribution is 2.21. The molecule has 0 saturated heterocycles. The first kappa shape index (κ1) is 16.2. The molecule has 0 aromatic heterocycles. The highest BCUT2D eigenvalue weighted by Gasteiger charge is 2.28. The average molecular weight is 303 g/mol. The van der Waals surface area contributed by atoms with Gasteiger partial charge in [0.05, 0.1) is 5.69 Å². The van der Waals surface area contributed by atoms with Crippen molar-refractivity contribution in [3.63, 3.8) is 0 Å². The number of nitrogens with one attached hydrogen (secondary N) is 1. The van der Waals surface area contributed by atoms with Crippen LogP contribution in [-0.4, -0.2) is 34.1 Å². The predicted octanol–water partition coefficient (Wildman–Crippen LogP) is 3.20. The molecule has 0 aliphatic rings. The lowest BCUT2D eigenvalue weighted by Gasteiger charge is -2.34. The van der Waals surface area contributed by atoms with Crippen molar-refractivity contribution in [1.82, 2.24) is 4.90 Å². The van der Waals surface area contributed by atoms with Crippen LogP contribution in [0, 0.1) is 5.82 Å². The summed E-state index contributed by atoms with van der Waals surface area (Å²) >= 11 is 5.62. The van der Waals surface area contributed by atoms with Gasteiger partial charge in [0, 0.05) is 10.6 Å². The van der Waals surface area contributed by atoms with Crippen LogP contribution in [0.5, 0.6) is 0 Å². The molecule has 0 radical (unpaired) electrons. The minimum absolute atomic E-state index is 0.0564. The predicted molar refractivity (Wildman–Crippen MR) is 74.5 cm³/mol. The van der Waals surface area contributed by atoms with Gasteiger partial charge >= 0.3 is 12.0 Å². The van der Waals surface area contributed by atoms with Crippen molar-refractivity contribution in [3.05, 3.63) is 29.0 Å². The molecule has 0 aliphatic carbocycles. The molecule has 2 amide bonds. The number of nitrogens with zero attached hydrogens (tertiary/aromatic N) is 1. The van der Waals surface area contributed by atoms with Gasteiger partial charge in [0.15, 0.2) is 0 Å². The van der Waals surface area contributed by atoms with E-state index in [1.54, 1.807) is 20.8 Å². The highest BCUT2D eigenvalue weighted by atomic mass is 35.5. The molecule has 1 rings (SSSR count). The van der Waals surface area contributed by atoms with E-state index in [4.69, 9.17) is 16.7 Å². The minimum Gasteiger partial charge on any atom is -0.480 e. The summed E-state index contributed by atoms with van der Waals surface area (Å²) in [5.41, 5.74) is -0.773. The summed E-state index contributed by atoms with van der Waals surface area (Å²) in [4.78, 5) is 24.0. The van der Waals surface area contributed by atoms with Crippen LogP contribution in [0.3, 0.4) is 0 Å². The summed E-state index contributed by atoms with van der Waals surface area (Å²) < 4.78 is 13.6. The number of carbonyl (C=O) groups excluding carboxylic acids is 1. The van der Waals surface area contributed by atoms with Gasteiger partial charge in [-0.05, 0) is 39.0 Å². The largest absolute Gasteiger partial charge is 0.480 e. The Morgan fingerprint density at radius 2 is 2.00 bits per heavy atom. The van der Waals surface area contributed by atoms with E-state index in [0.29, 0.717) is 0 Å². The van der Waals surface area contributed by atoms with Crippen LogP contribution in [0.2, 0.25) is 5.02 Å². The molecule has 7 heteroatoms. The van der Waals surface area contributed by atoms with Gasteiger partial charge in [-0.25, -0.2) is 9.18 Å². The zero-order valence-electron chi connectivity index (χ0n) is 11.4. The van der Waals surface area contributed by atoms with Gasteiger partial charge in [-0.15, -0.1) is 0 Å². The molecule has 0 atom stereocenters. The minimum atomic E-state index is -1.15. The molecule has 0 aliphatic heterocycles. The van der Waals surface area contributed by atoms with Crippen molar-refractivity contribution in [3.8, 4) is 0 Å². The number of carboxylic acid groups (broad SMARTS) is 1. The number of halogens is 2. The summed E-state index contributed by atoms with van der Waals surface area (Å²) in [6, 6.07) is 3.12. The third-order valence-electron chi connectivity index (χ3n) is 2.52. The number of hydrogen-bond acceptors (Lipinski definition) is 2. The fraction of sp³-hybridized carbons (Fsp3) is 0.385. The summed E-state index contributed by atoms with van der Waals surface area (Å²) in [5, 5.41) is 11.4. The van der Waals surface area contributed by atoms with E-state index in [1.807, 2.05) is 0 Å². The number of amides is 2. The van der Waals surface area contributed by atoms with Crippen LogP contribution in [0.4, 0.5) is 14.9 Å². The molecule has 2 N–H and O–H groups in total. The van der Waals surface area contributed by atoms with Gasteiger partial charge in [0.1, 0.15) is 12.4 Å². The van der Waals surface area contributed by atoms with E-state index >= 15 is 0 Å². The number of anilines is 1. The third-order valence-corrected chi connectivity index (χ3v) is 2.76. The fourth-order valence-corrected chi connectivity index (χ4v) is 1.68. The Morgan fingerprint density at radius 1 is 1.40 bits per heavy atom. The van der Waals surface area contributed by atoms with Crippen LogP contribution < -0.4 is 5.32 Å². The number of urea groups is 1. The Hall–Kier alpha value is -1.82. The monoisotopic (exact) mass is 302 g/mol. The molecule has 0 unspecified atom stereocenters. The summed E-state index contributed by atoms with van der Waals surface area (Å²) in [6.07, 6.45) is 0. The number of aliphatic carboxylic acids is 1. The standard InChI is InChI=1S/C13H16ClFN2O3/c1-13(2,3)17(7-11(18)19)12(20)16-10-5-4-8(14)6-9(10)15/h4-6H,7H2,1-3H3,(H,16,20)(H,18,19). The lowest BCUT2D eigenvalue weighted by Crippen LogP contribution is -2.50. The number of carbonyl (C=O) groups is 2. The number of carboxylic acids is 1. The number of hydrogen-bond donors (Lipinski definition) is 2. The second-order valence-electron chi connectivity index (χ2n) is 5.21. The molecule has 0 spiro atoms. The van der Waals surface area contributed by atoms with Crippen LogP contribution in [0.15, 0.2) is 18.2 Å². The van der Waals surface area contributed by atoms with E-state index in [2.05, 4.69) is 5.32 Å². The van der Waals surface area contributed by atoms with Crippen molar-refractivity contribution in [2.24, 2.45) is 0 Å². The smallest absolute Gasteiger partial charge is 0.323 e. The Morgan fingerprint density at radius 3 is 2.45 bits per heavy atom. The molecule has 1 aromatic carbocycles. The third kappa shape index (κ3) is 4.38. The maximum Gasteiger partial charge on any atom is 0.323 e. The van der Waals surface area contributed by atoms with Crippen LogP contribution in [0.1, 0.15) is 20.8 Å². The Bertz CT molecular complexity index is 529. The number of benzene rings is 1. The van der Waals surface area contributed by atoms with Gasteiger partial charge < -0.3 is 15.3 Å². The molecule has 110 valence electrons. The van der Waals surface area contributed by atoms with E-state index < -0.39 is 29.9 Å². The quantitative estimate of drug-likeness (QED) is 0.901. The summed E-state index contributed by atoms with van der Waals surface area (Å²) in [6.45, 7) is 4.58. The van der Waals surface area contributed by atoms with Crippen LogP contribution >= 0.6 is 11.6 Å². The summed E-state index contributed by atoms with van der Waals surface area (Å²) in [5.74, 6) is -1.83. The van der Waals surface area contributed by atoms with Crippen molar-refractivity contribution in [2.45, 2.75) is 26.3 Å². The first-order valence-electron chi connectivity index (χ1n) is 5.86. The molecular formula is C13H16ClFN2O3. The lowest BCUT2D eigenvalue weighted by molar-refractivity contribution is -0.138. The maximum absolute atomic E-state index is 13.6. The van der Waals surface area contributed by atoms with Gasteiger partial charge in [-0.3, -0.25) is 4.79 Å². The molecule has 0 heterocycles. The second kappa shape index (κ2) is 6.09. The van der Waals surface area contributed by atoms with E-state index in [-0.39, 0.29) is 10.7 Å². The fourth-order valence-electron chi connectivity index (χ4n) is 1.52. The van der Waals surface area contributed by atoms with Gasteiger partial charge in [0.25, 0.3) is 0 Å². The average Bonchev–Trinajstić information content (AvgIpc) is 2.28. The van der Waals surface area contributed by atoms with E-state index in [9.17, 15) is 14.0 Å². The van der Waals surface area contributed by atoms with Crippen LogP contribution in [0.25, 0.3) is 0 Å². The molecule has 20 heavy (non-hydrogen) atoms. The molecule has 0 bridgehead atoms. The van der Waals surface area contributed by atoms with Crippen LogP contribution in [-0.2, 0) is 4.79 Å². The first-order valence-corrected chi connectivity index (χ1v) is 6.24. The van der Waals surface area contributed by atoms with Crippen molar-refractivity contribution < 1.29 is 19.1 Å². The Labute approximate surface area is 121 Å². The molecule has 1 aromatic rings. The highest BCUT2D eigenvalue weighted by molar-refractivity contribution is 6.30. The molecule has 5 nitrogen and oxygen atoms in total. The van der Waals surface area contributed by atoms with Crippen molar-refractivity contribution in [2.75, 3.05) is 11.9 Å². The molecular weight excluding hydrogens is 287 g/mol. The summed E-state index contributed by atoms with van der Waals surface area (Å²) in [7, 11) is 0. The zero-order chi connectivity index (χ0) is 15.5. The van der Waals surface area contributed by atoms with E-state index in [1.165, 1.54) is 12.1 Å². The second-order valence-corrected chi connectivity index (χ2v) is 5.64. The zero-order valence-corrected chi connectivity index (χ0v) is 12.2. The maximum atomic E-state index is 13.6. The molecule has 0 saturated carbocycles. The Balaban J connectivity index is 2.93. The molecule has 0 fully saturated rings. The van der Waals surface area contributed by atoms with E-state index in [0.717, 1.165) is 11.0 Å². The normalized spacial score (nSPS) is 11.1. The van der Waals surface area contributed by atoms with Gasteiger partial charge in [0.2, 0.25) is 0 Å². The lowest BCUT2D eigenvalue weighted by atomic mass is 10.1.